The second kappa shape index (κ2) is 6.07. The van der Waals surface area contributed by atoms with Gasteiger partial charge in [0.05, 0.1) is 6.04 Å². The minimum absolute atomic E-state index is 0.101. The predicted octanol–water partition coefficient (Wildman–Crippen LogP) is 2.99. The summed E-state index contributed by atoms with van der Waals surface area (Å²) in [5.74, 6) is -1.44. The molecule has 1 aliphatic rings. The van der Waals surface area contributed by atoms with E-state index < -0.39 is 35.6 Å². The standard InChI is InChI=1S/C16H29NO5/c1-14(2,3)9-10(17-13(19)22-15(4,5)6)11-12(18)21-16(7,8)20-11/h10-11H,9H2,1-8H3,(H,17,19)/t10-,11?/m0/s1. The van der Waals surface area contributed by atoms with Crippen LogP contribution in [0.1, 0.15) is 61.8 Å². The monoisotopic (exact) mass is 315 g/mol. The van der Waals surface area contributed by atoms with Gasteiger partial charge < -0.3 is 19.5 Å². The average molecular weight is 315 g/mol. The minimum Gasteiger partial charge on any atom is -0.444 e. The first kappa shape index (κ1) is 18.7. The van der Waals surface area contributed by atoms with Gasteiger partial charge in [-0.25, -0.2) is 9.59 Å². The Labute approximate surface area is 132 Å². The van der Waals surface area contributed by atoms with Crippen molar-refractivity contribution in [2.75, 3.05) is 0 Å². The first-order valence-electron chi connectivity index (χ1n) is 7.59. The molecule has 0 bridgehead atoms. The van der Waals surface area contributed by atoms with E-state index >= 15 is 0 Å². The Bertz CT molecular complexity index is 431. The van der Waals surface area contributed by atoms with E-state index in [0.717, 1.165) is 0 Å². The highest BCUT2D eigenvalue weighted by Crippen LogP contribution is 2.30. The average Bonchev–Trinajstić information content (AvgIpc) is 2.46. The van der Waals surface area contributed by atoms with E-state index in [1.165, 1.54) is 0 Å². The highest BCUT2D eigenvalue weighted by molar-refractivity contribution is 5.79. The van der Waals surface area contributed by atoms with E-state index in [9.17, 15) is 9.59 Å². The first-order chi connectivity index (χ1) is 9.69. The van der Waals surface area contributed by atoms with Crippen LogP contribution in [0.5, 0.6) is 0 Å². The molecule has 0 aromatic carbocycles. The highest BCUT2D eigenvalue weighted by Gasteiger charge is 2.46. The number of hydrogen-bond donors (Lipinski definition) is 1. The van der Waals surface area contributed by atoms with Crippen LogP contribution < -0.4 is 5.32 Å². The molecule has 1 amide bonds. The smallest absolute Gasteiger partial charge is 0.407 e. The Kier molecular flexibility index (Phi) is 5.17. The van der Waals surface area contributed by atoms with Crippen molar-refractivity contribution in [2.45, 2.75) is 85.3 Å². The molecule has 1 aliphatic heterocycles. The molecule has 1 N–H and O–H groups in total. The third-order valence-electron chi connectivity index (χ3n) is 2.89. The zero-order chi connectivity index (χ0) is 17.3. The molecular formula is C16H29NO5. The largest absolute Gasteiger partial charge is 0.444 e. The molecule has 1 fully saturated rings. The number of hydrogen-bond acceptors (Lipinski definition) is 5. The summed E-state index contributed by atoms with van der Waals surface area (Å²) in [5.41, 5.74) is -0.706. The summed E-state index contributed by atoms with van der Waals surface area (Å²) < 4.78 is 16.1. The molecule has 1 unspecified atom stereocenters. The maximum absolute atomic E-state index is 12.0. The Morgan fingerprint density at radius 1 is 1.27 bits per heavy atom. The Balaban J connectivity index is 2.86. The van der Waals surface area contributed by atoms with E-state index in [-0.39, 0.29) is 5.41 Å². The number of amides is 1. The number of nitrogens with one attached hydrogen (secondary N) is 1. The van der Waals surface area contributed by atoms with Gasteiger partial charge in [-0.3, -0.25) is 0 Å². The van der Waals surface area contributed by atoms with Crippen LogP contribution in [0.25, 0.3) is 0 Å². The van der Waals surface area contributed by atoms with Crippen LogP contribution in [0.15, 0.2) is 0 Å². The Hall–Kier alpha value is -1.30. The predicted molar refractivity (Wildman–Crippen MR) is 82.3 cm³/mol. The van der Waals surface area contributed by atoms with Crippen molar-refractivity contribution in [3.05, 3.63) is 0 Å². The molecule has 0 aromatic rings. The number of cyclic esters (lactones) is 1. The molecule has 1 saturated heterocycles. The number of rotatable bonds is 3. The topological polar surface area (TPSA) is 73.9 Å². The molecule has 0 aromatic heterocycles. The third kappa shape index (κ3) is 6.22. The number of alkyl carbamates (subject to hydrolysis) is 1. The van der Waals surface area contributed by atoms with Crippen molar-refractivity contribution in [2.24, 2.45) is 5.41 Å². The van der Waals surface area contributed by atoms with E-state index in [1.54, 1.807) is 34.6 Å². The van der Waals surface area contributed by atoms with Gasteiger partial charge in [0.1, 0.15) is 5.60 Å². The lowest BCUT2D eigenvalue weighted by molar-refractivity contribution is -0.161. The van der Waals surface area contributed by atoms with E-state index in [4.69, 9.17) is 14.2 Å². The van der Waals surface area contributed by atoms with Crippen LogP contribution in [0.4, 0.5) is 4.79 Å². The van der Waals surface area contributed by atoms with Crippen LogP contribution in [-0.2, 0) is 19.0 Å². The van der Waals surface area contributed by atoms with Gasteiger partial charge in [0.2, 0.25) is 5.79 Å². The van der Waals surface area contributed by atoms with Crippen molar-refractivity contribution in [1.29, 1.82) is 0 Å². The van der Waals surface area contributed by atoms with Crippen LogP contribution in [-0.4, -0.2) is 35.6 Å². The molecule has 0 saturated carbocycles. The number of ether oxygens (including phenoxy) is 3. The fraction of sp³-hybridized carbons (Fsp3) is 0.875. The summed E-state index contributed by atoms with van der Waals surface area (Å²) in [4.78, 5) is 24.1. The zero-order valence-electron chi connectivity index (χ0n) is 14.9. The van der Waals surface area contributed by atoms with Gasteiger partial charge >= 0.3 is 12.1 Å². The zero-order valence-corrected chi connectivity index (χ0v) is 14.9. The second-order valence-corrected chi connectivity index (χ2v) is 8.38. The number of esters is 1. The molecule has 0 aliphatic carbocycles. The van der Waals surface area contributed by atoms with Gasteiger partial charge in [0.25, 0.3) is 0 Å². The molecule has 1 rings (SSSR count). The molecule has 6 nitrogen and oxygen atoms in total. The maximum atomic E-state index is 12.0. The van der Waals surface area contributed by atoms with E-state index in [2.05, 4.69) is 5.32 Å². The molecule has 128 valence electrons. The van der Waals surface area contributed by atoms with Gasteiger partial charge in [-0.1, -0.05) is 20.8 Å². The van der Waals surface area contributed by atoms with Crippen LogP contribution in [0.3, 0.4) is 0 Å². The lowest BCUT2D eigenvalue weighted by atomic mass is 9.86. The summed E-state index contributed by atoms with van der Waals surface area (Å²) >= 11 is 0. The molecular weight excluding hydrogens is 286 g/mol. The fourth-order valence-corrected chi connectivity index (χ4v) is 2.28. The summed E-state index contributed by atoms with van der Waals surface area (Å²) in [6.45, 7) is 14.8. The summed E-state index contributed by atoms with van der Waals surface area (Å²) in [7, 11) is 0. The number of carbonyl (C=O) groups is 2. The van der Waals surface area contributed by atoms with Crippen molar-refractivity contribution < 1.29 is 23.8 Å². The molecule has 1 heterocycles. The normalized spacial score (nSPS) is 22.9. The lowest BCUT2D eigenvalue weighted by Gasteiger charge is -2.30. The summed E-state index contributed by atoms with van der Waals surface area (Å²) in [6.07, 6.45) is -0.841. The quantitative estimate of drug-likeness (QED) is 0.810. The highest BCUT2D eigenvalue weighted by atomic mass is 16.8. The lowest BCUT2D eigenvalue weighted by Crippen LogP contribution is -2.49. The van der Waals surface area contributed by atoms with Crippen molar-refractivity contribution >= 4 is 12.1 Å². The van der Waals surface area contributed by atoms with Crippen molar-refractivity contribution in [1.82, 2.24) is 5.32 Å². The Morgan fingerprint density at radius 3 is 2.18 bits per heavy atom. The Morgan fingerprint density at radius 2 is 1.82 bits per heavy atom. The summed E-state index contributed by atoms with van der Waals surface area (Å²) in [5, 5.41) is 2.75. The van der Waals surface area contributed by atoms with Gasteiger partial charge in [0.15, 0.2) is 6.10 Å². The molecule has 2 atom stereocenters. The van der Waals surface area contributed by atoms with Crippen LogP contribution >= 0.6 is 0 Å². The first-order valence-corrected chi connectivity index (χ1v) is 7.59. The number of carbonyl (C=O) groups excluding carboxylic acids is 2. The maximum Gasteiger partial charge on any atom is 0.407 e. The fourth-order valence-electron chi connectivity index (χ4n) is 2.28. The van der Waals surface area contributed by atoms with Gasteiger partial charge in [-0.2, -0.15) is 0 Å². The van der Waals surface area contributed by atoms with E-state index in [0.29, 0.717) is 6.42 Å². The van der Waals surface area contributed by atoms with Crippen LogP contribution in [0.2, 0.25) is 0 Å². The molecule has 6 heteroatoms. The van der Waals surface area contributed by atoms with Gasteiger partial charge in [-0.05, 0) is 32.6 Å². The van der Waals surface area contributed by atoms with Crippen LogP contribution in [0, 0.1) is 5.41 Å². The van der Waals surface area contributed by atoms with E-state index in [1.807, 2.05) is 20.8 Å². The molecule has 0 radical (unpaired) electrons. The summed E-state index contributed by atoms with van der Waals surface area (Å²) in [6, 6.07) is -0.510. The molecule has 22 heavy (non-hydrogen) atoms. The van der Waals surface area contributed by atoms with Crippen molar-refractivity contribution in [3.8, 4) is 0 Å². The SMILES string of the molecule is CC(C)(C)C[C@H](NC(=O)OC(C)(C)C)C1OC(C)(C)OC1=O. The minimum atomic E-state index is -0.979. The second-order valence-electron chi connectivity index (χ2n) is 8.38. The third-order valence-corrected chi connectivity index (χ3v) is 2.89. The molecule has 0 spiro atoms. The van der Waals surface area contributed by atoms with Crippen molar-refractivity contribution in [3.63, 3.8) is 0 Å². The van der Waals surface area contributed by atoms with Gasteiger partial charge in [-0.15, -0.1) is 0 Å². The van der Waals surface area contributed by atoms with Gasteiger partial charge in [0, 0.05) is 13.8 Å².